The lowest BCUT2D eigenvalue weighted by atomic mass is 10.3. The van der Waals surface area contributed by atoms with E-state index in [4.69, 9.17) is 9.52 Å². The molecule has 0 aliphatic rings. The van der Waals surface area contributed by atoms with Gasteiger partial charge in [0.25, 0.3) is 5.91 Å². The molecule has 0 saturated heterocycles. The van der Waals surface area contributed by atoms with Crippen LogP contribution in [0.25, 0.3) is 0 Å². The van der Waals surface area contributed by atoms with Crippen LogP contribution in [0.1, 0.15) is 38.3 Å². The lowest BCUT2D eigenvalue weighted by Crippen LogP contribution is -2.24. The van der Waals surface area contributed by atoms with E-state index in [-0.39, 0.29) is 17.9 Å². The molecular weight excluding hydrogens is 262 g/mol. The van der Waals surface area contributed by atoms with Crippen LogP contribution in [0, 0.1) is 13.8 Å². The summed E-state index contributed by atoms with van der Waals surface area (Å²) in [4.78, 5) is 30.5. The first-order valence-corrected chi connectivity index (χ1v) is 5.89. The van der Waals surface area contributed by atoms with Crippen LogP contribution in [0.4, 0.5) is 0 Å². The fourth-order valence-electron chi connectivity index (χ4n) is 1.54. The first-order valence-electron chi connectivity index (χ1n) is 5.89. The Balaban J connectivity index is 2.05. The molecule has 2 aromatic rings. The first-order chi connectivity index (χ1) is 9.47. The van der Waals surface area contributed by atoms with E-state index < -0.39 is 11.9 Å². The van der Waals surface area contributed by atoms with Gasteiger partial charge in [-0.2, -0.15) is 0 Å². The molecule has 1 amide bonds. The first kappa shape index (κ1) is 13.7. The Morgan fingerprint density at radius 1 is 1.25 bits per heavy atom. The van der Waals surface area contributed by atoms with Crippen molar-refractivity contribution < 1.29 is 19.1 Å². The van der Waals surface area contributed by atoms with Crippen LogP contribution in [0.15, 0.2) is 22.6 Å². The van der Waals surface area contributed by atoms with Gasteiger partial charge in [0.1, 0.15) is 17.1 Å². The highest BCUT2D eigenvalue weighted by atomic mass is 16.4. The van der Waals surface area contributed by atoms with Gasteiger partial charge in [0.15, 0.2) is 0 Å². The standard InChI is InChI=1S/C13H13N3O4/c1-7-8(2)20-11(15-7)6-14-12(17)9-4-3-5-10(16-9)13(18)19/h3-5H,6H2,1-2H3,(H,14,17)(H,18,19). The number of carboxylic acid groups (broad SMARTS) is 1. The number of hydrogen-bond donors (Lipinski definition) is 2. The number of carbonyl (C=O) groups is 2. The molecule has 104 valence electrons. The van der Waals surface area contributed by atoms with Crippen molar-refractivity contribution in [3.05, 3.63) is 46.9 Å². The Kier molecular flexibility index (Phi) is 3.79. The van der Waals surface area contributed by atoms with Gasteiger partial charge in [0.2, 0.25) is 5.89 Å². The van der Waals surface area contributed by atoms with Gasteiger partial charge in [-0.1, -0.05) is 6.07 Å². The number of aromatic carboxylic acids is 1. The van der Waals surface area contributed by atoms with Gasteiger partial charge in [-0.25, -0.2) is 14.8 Å². The Morgan fingerprint density at radius 3 is 2.55 bits per heavy atom. The largest absolute Gasteiger partial charge is 0.477 e. The van der Waals surface area contributed by atoms with Gasteiger partial charge in [0, 0.05) is 0 Å². The number of nitrogens with zero attached hydrogens (tertiary/aromatic N) is 2. The van der Waals surface area contributed by atoms with Gasteiger partial charge in [-0.05, 0) is 26.0 Å². The summed E-state index contributed by atoms with van der Waals surface area (Å²) in [6.45, 7) is 3.71. The molecular formula is C13H13N3O4. The third-order valence-electron chi connectivity index (χ3n) is 2.67. The van der Waals surface area contributed by atoms with Crippen LogP contribution >= 0.6 is 0 Å². The molecule has 2 rings (SSSR count). The molecule has 0 fully saturated rings. The summed E-state index contributed by atoms with van der Waals surface area (Å²) in [5.41, 5.74) is 0.616. The highest BCUT2D eigenvalue weighted by molar-refractivity contribution is 5.94. The second-order valence-electron chi connectivity index (χ2n) is 4.15. The molecule has 2 aromatic heterocycles. The smallest absolute Gasteiger partial charge is 0.354 e. The topological polar surface area (TPSA) is 105 Å². The molecule has 7 nitrogen and oxygen atoms in total. The van der Waals surface area contributed by atoms with E-state index in [1.54, 1.807) is 6.92 Å². The summed E-state index contributed by atoms with van der Waals surface area (Å²) >= 11 is 0. The van der Waals surface area contributed by atoms with Crippen molar-refractivity contribution in [1.82, 2.24) is 15.3 Å². The minimum absolute atomic E-state index is 0.0323. The molecule has 0 bridgehead atoms. The number of aromatic nitrogens is 2. The second-order valence-corrected chi connectivity index (χ2v) is 4.15. The number of oxazole rings is 1. The lowest BCUT2D eigenvalue weighted by molar-refractivity contribution is 0.0690. The Labute approximate surface area is 114 Å². The van der Waals surface area contributed by atoms with E-state index in [1.807, 2.05) is 6.92 Å². The van der Waals surface area contributed by atoms with E-state index in [0.29, 0.717) is 11.7 Å². The number of nitrogens with one attached hydrogen (secondary N) is 1. The summed E-state index contributed by atoms with van der Waals surface area (Å²) < 4.78 is 5.32. The van der Waals surface area contributed by atoms with Crippen LogP contribution in [0.5, 0.6) is 0 Å². The Bertz CT molecular complexity index is 644. The maximum absolute atomic E-state index is 11.8. The van der Waals surface area contributed by atoms with Gasteiger partial charge in [-0.15, -0.1) is 0 Å². The third kappa shape index (κ3) is 3.00. The number of pyridine rings is 1. The van der Waals surface area contributed by atoms with Crippen LogP contribution in [0.2, 0.25) is 0 Å². The lowest BCUT2D eigenvalue weighted by Gasteiger charge is -2.02. The van der Waals surface area contributed by atoms with E-state index >= 15 is 0 Å². The molecule has 0 spiro atoms. The summed E-state index contributed by atoms with van der Waals surface area (Å²) in [5.74, 6) is -0.580. The van der Waals surface area contributed by atoms with Crippen LogP contribution in [-0.2, 0) is 6.54 Å². The summed E-state index contributed by atoms with van der Waals surface area (Å²) in [7, 11) is 0. The average molecular weight is 275 g/mol. The molecule has 0 radical (unpaired) electrons. The van der Waals surface area contributed by atoms with Crippen LogP contribution in [-0.4, -0.2) is 27.0 Å². The quantitative estimate of drug-likeness (QED) is 0.871. The maximum atomic E-state index is 11.8. The number of rotatable bonds is 4. The summed E-state index contributed by atoms with van der Waals surface area (Å²) in [6.07, 6.45) is 0. The average Bonchev–Trinajstić information content (AvgIpc) is 2.75. The third-order valence-corrected chi connectivity index (χ3v) is 2.67. The highest BCUT2D eigenvalue weighted by Gasteiger charge is 2.12. The molecule has 7 heteroatoms. The van der Waals surface area contributed by atoms with Gasteiger partial charge >= 0.3 is 5.97 Å². The van der Waals surface area contributed by atoms with Crippen LogP contribution in [0.3, 0.4) is 0 Å². The number of carboxylic acids is 1. The van der Waals surface area contributed by atoms with Crippen molar-refractivity contribution in [3.8, 4) is 0 Å². The monoisotopic (exact) mass is 275 g/mol. The molecule has 2 N–H and O–H groups in total. The fourth-order valence-corrected chi connectivity index (χ4v) is 1.54. The van der Waals surface area contributed by atoms with E-state index in [0.717, 1.165) is 5.69 Å². The second kappa shape index (κ2) is 5.52. The normalized spacial score (nSPS) is 10.3. The van der Waals surface area contributed by atoms with Gasteiger partial charge in [-0.3, -0.25) is 4.79 Å². The molecule has 0 aliphatic carbocycles. The zero-order valence-corrected chi connectivity index (χ0v) is 11.0. The maximum Gasteiger partial charge on any atom is 0.354 e. The predicted molar refractivity (Wildman–Crippen MR) is 68.3 cm³/mol. The molecule has 0 aromatic carbocycles. The molecule has 2 heterocycles. The number of hydrogen-bond acceptors (Lipinski definition) is 5. The van der Waals surface area contributed by atoms with Crippen molar-refractivity contribution in [3.63, 3.8) is 0 Å². The molecule has 20 heavy (non-hydrogen) atoms. The zero-order valence-electron chi connectivity index (χ0n) is 11.0. The van der Waals surface area contributed by atoms with E-state index in [9.17, 15) is 9.59 Å². The molecule has 0 aliphatic heterocycles. The van der Waals surface area contributed by atoms with Crippen molar-refractivity contribution in [2.45, 2.75) is 20.4 Å². The van der Waals surface area contributed by atoms with Crippen molar-refractivity contribution in [2.24, 2.45) is 0 Å². The van der Waals surface area contributed by atoms with Crippen molar-refractivity contribution >= 4 is 11.9 Å². The van der Waals surface area contributed by atoms with E-state index in [2.05, 4.69) is 15.3 Å². The zero-order chi connectivity index (χ0) is 14.7. The fraction of sp³-hybridized carbons (Fsp3) is 0.231. The molecule has 0 atom stereocenters. The van der Waals surface area contributed by atoms with Gasteiger partial charge in [0.05, 0.1) is 12.2 Å². The number of aryl methyl sites for hydroxylation is 2. The minimum Gasteiger partial charge on any atom is -0.477 e. The number of amides is 1. The SMILES string of the molecule is Cc1nc(CNC(=O)c2cccc(C(=O)O)n2)oc1C. The van der Waals surface area contributed by atoms with Crippen LogP contribution < -0.4 is 5.32 Å². The summed E-state index contributed by atoms with van der Waals surface area (Å²) in [6, 6.07) is 4.22. The van der Waals surface area contributed by atoms with Gasteiger partial charge < -0.3 is 14.8 Å². The Hall–Kier alpha value is -2.70. The highest BCUT2D eigenvalue weighted by Crippen LogP contribution is 2.08. The van der Waals surface area contributed by atoms with Crippen molar-refractivity contribution in [2.75, 3.05) is 0 Å². The Morgan fingerprint density at radius 2 is 1.95 bits per heavy atom. The minimum atomic E-state index is -1.18. The predicted octanol–water partition coefficient (Wildman–Crippen LogP) is 1.31. The van der Waals surface area contributed by atoms with E-state index in [1.165, 1.54) is 18.2 Å². The number of carbonyl (C=O) groups excluding carboxylic acids is 1. The molecule has 0 saturated carbocycles. The van der Waals surface area contributed by atoms with Crippen molar-refractivity contribution in [1.29, 1.82) is 0 Å². The molecule has 0 unspecified atom stereocenters. The summed E-state index contributed by atoms with van der Waals surface area (Å²) in [5, 5.41) is 11.4.